The van der Waals surface area contributed by atoms with Crippen LogP contribution in [-0.4, -0.2) is 17.0 Å². The fraction of sp³-hybridized carbons (Fsp3) is 0.111. The number of rotatable bonds is 5. The van der Waals surface area contributed by atoms with Gasteiger partial charge in [-0.1, -0.05) is 53.5 Å². The number of carbonyl (C=O) groups is 2. The number of amides is 1. The van der Waals surface area contributed by atoms with Crippen LogP contribution in [0.25, 0.3) is 10.1 Å². The number of hydrogen-bond donors (Lipinski definition) is 2. The summed E-state index contributed by atoms with van der Waals surface area (Å²) in [7, 11) is 0. The SMILES string of the molecule is O=C(O)C[C@H](NC(=O)c1sc2ccccc2c1Cl)c1cccc(Cl)c1. The molecule has 0 aliphatic carbocycles. The second-order valence-corrected chi connectivity index (χ2v) is 7.29. The van der Waals surface area contributed by atoms with Crippen LogP contribution in [0.3, 0.4) is 0 Å². The van der Waals surface area contributed by atoms with E-state index in [0.717, 1.165) is 10.1 Å². The van der Waals surface area contributed by atoms with Crippen LogP contribution in [-0.2, 0) is 4.79 Å². The Morgan fingerprint density at radius 3 is 2.56 bits per heavy atom. The Morgan fingerprint density at radius 1 is 1.12 bits per heavy atom. The van der Waals surface area contributed by atoms with E-state index in [1.165, 1.54) is 11.3 Å². The zero-order chi connectivity index (χ0) is 18.0. The highest BCUT2D eigenvalue weighted by molar-refractivity contribution is 7.21. The molecule has 0 saturated heterocycles. The topological polar surface area (TPSA) is 66.4 Å². The maximum Gasteiger partial charge on any atom is 0.305 e. The summed E-state index contributed by atoms with van der Waals surface area (Å²) in [6.07, 6.45) is -0.255. The van der Waals surface area contributed by atoms with Gasteiger partial charge >= 0.3 is 5.97 Å². The third-order valence-corrected chi connectivity index (χ3v) is 5.59. The number of carboxylic acid groups (broad SMARTS) is 1. The molecule has 7 heteroatoms. The molecular formula is C18H13Cl2NO3S. The van der Waals surface area contributed by atoms with Crippen molar-refractivity contribution >= 4 is 56.5 Å². The van der Waals surface area contributed by atoms with Crippen LogP contribution in [0.2, 0.25) is 10.0 Å². The normalized spacial score (nSPS) is 12.1. The van der Waals surface area contributed by atoms with Crippen molar-refractivity contribution in [1.29, 1.82) is 0 Å². The summed E-state index contributed by atoms with van der Waals surface area (Å²) in [5.41, 5.74) is 0.625. The van der Waals surface area contributed by atoms with Gasteiger partial charge in [0.15, 0.2) is 0 Å². The summed E-state index contributed by atoms with van der Waals surface area (Å²) in [5.74, 6) is -1.43. The minimum absolute atomic E-state index is 0.255. The lowest BCUT2D eigenvalue weighted by Crippen LogP contribution is -2.29. The van der Waals surface area contributed by atoms with Gasteiger partial charge in [0.05, 0.1) is 17.5 Å². The van der Waals surface area contributed by atoms with Crippen LogP contribution in [0, 0.1) is 0 Å². The Balaban J connectivity index is 1.91. The first kappa shape index (κ1) is 17.7. The molecule has 0 bridgehead atoms. The molecule has 2 N–H and O–H groups in total. The average Bonchev–Trinajstić information content (AvgIpc) is 2.91. The summed E-state index contributed by atoms with van der Waals surface area (Å²) in [4.78, 5) is 24.2. The predicted molar refractivity (Wildman–Crippen MR) is 101 cm³/mol. The summed E-state index contributed by atoms with van der Waals surface area (Å²) in [6, 6.07) is 13.5. The van der Waals surface area contributed by atoms with Crippen molar-refractivity contribution < 1.29 is 14.7 Å². The molecule has 0 spiro atoms. The van der Waals surface area contributed by atoms with Crippen LogP contribution < -0.4 is 5.32 Å². The average molecular weight is 394 g/mol. The molecule has 0 saturated carbocycles. The Bertz CT molecular complexity index is 954. The van der Waals surface area contributed by atoms with E-state index in [2.05, 4.69) is 5.32 Å². The Labute approximate surface area is 158 Å². The number of fused-ring (bicyclic) bond motifs is 1. The van der Waals surface area contributed by atoms with Gasteiger partial charge in [0.1, 0.15) is 4.88 Å². The quantitative estimate of drug-likeness (QED) is 0.629. The molecule has 0 radical (unpaired) electrons. The van der Waals surface area contributed by atoms with E-state index < -0.39 is 17.9 Å². The number of thiophene rings is 1. The molecule has 0 unspecified atom stereocenters. The molecule has 25 heavy (non-hydrogen) atoms. The van der Waals surface area contributed by atoms with E-state index in [1.54, 1.807) is 24.3 Å². The molecule has 1 aromatic heterocycles. The Hall–Kier alpha value is -2.08. The van der Waals surface area contributed by atoms with Gasteiger partial charge in [0.25, 0.3) is 5.91 Å². The second kappa shape index (κ2) is 7.44. The molecule has 1 heterocycles. The fourth-order valence-corrected chi connectivity index (χ4v) is 4.15. The number of carbonyl (C=O) groups excluding carboxylic acids is 1. The van der Waals surface area contributed by atoms with Gasteiger partial charge in [-0.15, -0.1) is 11.3 Å². The van der Waals surface area contributed by atoms with Crippen LogP contribution in [0.15, 0.2) is 48.5 Å². The number of benzene rings is 2. The number of halogens is 2. The molecule has 0 fully saturated rings. The van der Waals surface area contributed by atoms with Crippen LogP contribution in [0.1, 0.15) is 27.7 Å². The van der Waals surface area contributed by atoms with Gasteiger partial charge in [0, 0.05) is 15.1 Å². The van der Waals surface area contributed by atoms with Gasteiger partial charge in [0.2, 0.25) is 0 Å². The standard InChI is InChI=1S/C18H13Cl2NO3S/c19-11-5-3-4-10(8-11)13(9-15(22)23)21-18(24)17-16(20)12-6-1-2-7-14(12)25-17/h1-8,13H,9H2,(H,21,24)(H,22,23)/t13-/m0/s1. The van der Waals surface area contributed by atoms with Gasteiger partial charge < -0.3 is 10.4 Å². The number of nitrogens with one attached hydrogen (secondary N) is 1. The Kier molecular flexibility index (Phi) is 5.27. The minimum Gasteiger partial charge on any atom is -0.481 e. The molecular weight excluding hydrogens is 381 g/mol. The van der Waals surface area contributed by atoms with Gasteiger partial charge in [-0.2, -0.15) is 0 Å². The van der Waals surface area contributed by atoms with Crippen molar-refractivity contribution in [2.45, 2.75) is 12.5 Å². The van der Waals surface area contributed by atoms with E-state index in [9.17, 15) is 9.59 Å². The molecule has 2 aromatic carbocycles. The van der Waals surface area contributed by atoms with E-state index in [0.29, 0.717) is 20.5 Å². The van der Waals surface area contributed by atoms with Gasteiger partial charge in [-0.05, 0) is 23.8 Å². The first-order valence-electron chi connectivity index (χ1n) is 7.41. The smallest absolute Gasteiger partial charge is 0.305 e. The molecule has 3 aromatic rings. The van der Waals surface area contributed by atoms with Gasteiger partial charge in [-0.25, -0.2) is 0 Å². The molecule has 0 aliphatic rings. The minimum atomic E-state index is -1.02. The van der Waals surface area contributed by atoms with Crippen molar-refractivity contribution in [1.82, 2.24) is 5.32 Å². The maximum atomic E-state index is 12.7. The van der Waals surface area contributed by atoms with Crippen LogP contribution in [0.5, 0.6) is 0 Å². The lowest BCUT2D eigenvalue weighted by molar-refractivity contribution is -0.137. The number of carboxylic acids is 1. The van der Waals surface area contributed by atoms with Crippen LogP contribution in [0.4, 0.5) is 0 Å². The molecule has 0 aliphatic heterocycles. The molecule has 1 atom stereocenters. The molecule has 4 nitrogen and oxygen atoms in total. The lowest BCUT2D eigenvalue weighted by atomic mass is 10.0. The van der Waals surface area contributed by atoms with Gasteiger partial charge in [-0.3, -0.25) is 9.59 Å². The van der Waals surface area contributed by atoms with E-state index in [1.807, 2.05) is 24.3 Å². The summed E-state index contributed by atoms with van der Waals surface area (Å²) < 4.78 is 0.898. The van der Waals surface area contributed by atoms with Crippen molar-refractivity contribution in [3.05, 3.63) is 69.0 Å². The monoisotopic (exact) mass is 393 g/mol. The highest BCUT2D eigenvalue weighted by atomic mass is 35.5. The van der Waals surface area contributed by atoms with E-state index in [-0.39, 0.29) is 6.42 Å². The predicted octanol–water partition coefficient (Wildman–Crippen LogP) is 5.15. The summed E-state index contributed by atoms with van der Waals surface area (Å²) >= 11 is 13.6. The van der Waals surface area contributed by atoms with Crippen molar-refractivity contribution in [2.75, 3.05) is 0 Å². The van der Waals surface area contributed by atoms with Crippen molar-refractivity contribution in [3.8, 4) is 0 Å². The zero-order valence-corrected chi connectivity index (χ0v) is 15.2. The van der Waals surface area contributed by atoms with E-state index in [4.69, 9.17) is 28.3 Å². The molecule has 128 valence electrons. The first-order valence-corrected chi connectivity index (χ1v) is 8.98. The van der Waals surface area contributed by atoms with E-state index >= 15 is 0 Å². The number of hydrogen-bond acceptors (Lipinski definition) is 3. The Morgan fingerprint density at radius 2 is 1.88 bits per heavy atom. The third kappa shape index (κ3) is 3.95. The highest BCUT2D eigenvalue weighted by Crippen LogP contribution is 2.35. The number of aliphatic carboxylic acids is 1. The van der Waals surface area contributed by atoms with Crippen molar-refractivity contribution in [2.24, 2.45) is 0 Å². The molecule has 1 amide bonds. The third-order valence-electron chi connectivity index (χ3n) is 3.68. The largest absolute Gasteiger partial charge is 0.481 e. The van der Waals surface area contributed by atoms with Crippen molar-refractivity contribution in [3.63, 3.8) is 0 Å². The van der Waals surface area contributed by atoms with Crippen LogP contribution >= 0.6 is 34.5 Å². The lowest BCUT2D eigenvalue weighted by Gasteiger charge is -2.17. The summed E-state index contributed by atoms with van der Waals surface area (Å²) in [5, 5.41) is 13.6. The molecule has 3 rings (SSSR count). The first-order chi connectivity index (χ1) is 12.0. The second-order valence-electron chi connectivity index (χ2n) is 5.42. The maximum absolute atomic E-state index is 12.7. The zero-order valence-electron chi connectivity index (χ0n) is 12.8. The fourth-order valence-electron chi connectivity index (χ4n) is 2.53. The highest BCUT2D eigenvalue weighted by Gasteiger charge is 2.23. The summed E-state index contributed by atoms with van der Waals surface area (Å²) in [6.45, 7) is 0.